The number of hydrogen-bond donors (Lipinski definition) is 2. The number of nitrogens with zero attached hydrogens (tertiary/aromatic N) is 1. The van der Waals surface area contributed by atoms with E-state index in [1.54, 1.807) is 20.8 Å². The van der Waals surface area contributed by atoms with Crippen LogP contribution in [-0.4, -0.2) is 28.4 Å². The Balaban J connectivity index is 1.92. The smallest absolute Gasteiger partial charge is 0.426 e. The van der Waals surface area contributed by atoms with E-state index in [2.05, 4.69) is 15.8 Å². The molecule has 1 fully saturated rings. The minimum Gasteiger partial charge on any atom is -0.443 e. The number of aromatic nitrogens is 1. The first-order valence-corrected chi connectivity index (χ1v) is 9.30. The molecule has 2 rings (SSSR count). The molecule has 0 aromatic carbocycles. The van der Waals surface area contributed by atoms with Crippen LogP contribution in [0.5, 0.6) is 0 Å². The fraction of sp³-hybridized carbons (Fsp3) is 0.632. The Kier molecular flexibility index (Phi) is 5.94. The van der Waals surface area contributed by atoms with Gasteiger partial charge in [-0.05, 0) is 78.0 Å². The van der Waals surface area contributed by atoms with Crippen LogP contribution in [-0.2, 0) is 14.9 Å². The summed E-state index contributed by atoms with van der Waals surface area (Å²) in [5, 5.41) is 0.468. The number of carbonyl (C=O) groups excluding carboxylic acids is 2. The Hall–Kier alpha value is -2.02. The Bertz CT molecular complexity index is 724. The van der Waals surface area contributed by atoms with Crippen LogP contribution < -0.4 is 10.9 Å². The lowest BCUT2D eigenvalue weighted by atomic mass is 9.84. The average molecular weight is 398 g/mol. The number of rotatable bonds is 4. The minimum atomic E-state index is -0.751. The quantitative estimate of drug-likeness (QED) is 0.580. The molecule has 8 heteroatoms. The molecular weight excluding hydrogens is 370 g/mol. The number of nitrogens with one attached hydrogen (secondary N) is 2. The van der Waals surface area contributed by atoms with Gasteiger partial charge in [0.25, 0.3) is 0 Å². The van der Waals surface area contributed by atoms with Gasteiger partial charge in [0, 0.05) is 11.6 Å². The van der Waals surface area contributed by atoms with Crippen molar-refractivity contribution in [1.82, 2.24) is 15.8 Å². The highest BCUT2D eigenvalue weighted by Crippen LogP contribution is 2.54. The van der Waals surface area contributed by atoms with Gasteiger partial charge < -0.3 is 9.47 Å². The van der Waals surface area contributed by atoms with E-state index >= 15 is 0 Å². The van der Waals surface area contributed by atoms with Gasteiger partial charge >= 0.3 is 12.2 Å². The molecule has 7 nitrogen and oxygen atoms in total. The van der Waals surface area contributed by atoms with Gasteiger partial charge in [-0.2, -0.15) is 0 Å². The molecule has 1 aromatic heterocycles. The van der Waals surface area contributed by atoms with Crippen LogP contribution in [0.4, 0.5) is 9.59 Å². The van der Waals surface area contributed by atoms with Crippen LogP contribution in [0.1, 0.15) is 65.0 Å². The topological polar surface area (TPSA) is 89.5 Å². The summed E-state index contributed by atoms with van der Waals surface area (Å²) in [6.45, 7) is 10.9. The molecule has 150 valence electrons. The van der Waals surface area contributed by atoms with Gasteiger partial charge in [0.2, 0.25) is 0 Å². The molecule has 1 saturated carbocycles. The first kappa shape index (κ1) is 21.3. The van der Waals surface area contributed by atoms with E-state index in [-0.39, 0.29) is 5.41 Å². The van der Waals surface area contributed by atoms with Gasteiger partial charge in [0.1, 0.15) is 16.4 Å². The molecule has 1 heterocycles. The van der Waals surface area contributed by atoms with E-state index in [4.69, 9.17) is 21.1 Å². The van der Waals surface area contributed by atoms with Crippen molar-refractivity contribution in [3.05, 3.63) is 28.5 Å². The lowest BCUT2D eigenvalue weighted by Crippen LogP contribution is -2.47. The number of amides is 2. The predicted octanol–water partition coefficient (Wildman–Crippen LogP) is 4.41. The molecule has 1 aliphatic rings. The maximum absolute atomic E-state index is 12.0. The zero-order chi connectivity index (χ0) is 20.5. The zero-order valence-electron chi connectivity index (χ0n) is 16.7. The molecule has 1 aliphatic carbocycles. The highest BCUT2D eigenvalue weighted by atomic mass is 35.5. The van der Waals surface area contributed by atoms with Gasteiger partial charge in [0.05, 0.1) is 0 Å². The number of aryl methyl sites for hydroxylation is 1. The monoisotopic (exact) mass is 397 g/mol. The van der Waals surface area contributed by atoms with Crippen LogP contribution in [0.3, 0.4) is 0 Å². The lowest BCUT2D eigenvalue weighted by Gasteiger charge is -2.30. The molecule has 0 atom stereocenters. The number of hydrogen-bond acceptors (Lipinski definition) is 5. The van der Waals surface area contributed by atoms with E-state index < -0.39 is 23.4 Å². The van der Waals surface area contributed by atoms with Gasteiger partial charge in [0.15, 0.2) is 0 Å². The van der Waals surface area contributed by atoms with E-state index in [9.17, 15) is 9.59 Å². The van der Waals surface area contributed by atoms with Gasteiger partial charge in [-0.15, -0.1) is 0 Å². The first-order valence-electron chi connectivity index (χ1n) is 8.93. The first-order chi connectivity index (χ1) is 12.3. The number of hydrazine groups is 1. The van der Waals surface area contributed by atoms with Crippen LogP contribution in [0, 0.1) is 6.92 Å². The summed E-state index contributed by atoms with van der Waals surface area (Å²) in [6.07, 6.45) is 2.96. The Morgan fingerprint density at radius 2 is 1.70 bits per heavy atom. The molecule has 0 aliphatic heterocycles. The van der Waals surface area contributed by atoms with Crippen LogP contribution in [0.25, 0.3) is 0 Å². The molecule has 2 N–H and O–H groups in total. The SMILES string of the molecule is Cc1cc(Cl)ncc1C1(CC(C)(C)OC(=O)NNC(=O)OC(C)(C)C)CC1. The van der Waals surface area contributed by atoms with Crippen LogP contribution in [0.15, 0.2) is 12.3 Å². The van der Waals surface area contributed by atoms with Gasteiger partial charge in [-0.1, -0.05) is 11.6 Å². The second-order valence-electron chi connectivity index (χ2n) is 8.68. The number of pyridine rings is 1. The zero-order valence-corrected chi connectivity index (χ0v) is 17.5. The van der Waals surface area contributed by atoms with Crippen molar-refractivity contribution in [2.75, 3.05) is 0 Å². The second-order valence-corrected chi connectivity index (χ2v) is 9.07. The van der Waals surface area contributed by atoms with Crippen LogP contribution in [0.2, 0.25) is 5.15 Å². The van der Waals surface area contributed by atoms with Crippen molar-refractivity contribution in [3.8, 4) is 0 Å². The number of halogens is 1. The van der Waals surface area contributed by atoms with Crippen molar-refractivity contribution in [2.45, 2.75) is 77.4 Å². The summed E-state index contributed by atoms with van der Waals surface area (Å²) in [5.41, 5.74) is 5.15. The third-order valence-electron chi connectivity index (χ3n) is 4.30. The maximum Gasteiger partial charge on any atom is 0.426 e. The highest BCUT2D eigenvalue weighted by Gasteiger charge is 2.49. The molecule has 0 saturated heterocycles. The Morgan fingerprint density at radius 3 is 2.19 bits per heavy atom. The third-order valence-corrected chi connectivity index (χ3v) is 4.51. The van der Waals surface area contributed by atoms with E-state index in [0.29, 0.717) is 11.6 Å². The fourth-order valence-electron chi connectivity index (χ4n) is 3.30. The van der Waals surface area contributed by atoms with Crippen molar-refractivity contribution in [2.24, 2.45) is 0 Å². The molecule has 1 aromatic rings. The summed E-state index contributed by atoms with van der Waals surface area (Å²) in [7, 11) is 0. The van der Waals surface area contributed by atoms with E-state index in [1.165, 1.54) is 0 Å². The normalized spacial score (nSPS) is 15.7. The molecule has 0 unspecified atom stereocenters. The summed E-state index contributed by atoms with van der Waals surface area (Å²) >= 11 is 5.96. The average Bonchev–Trinajstić information content (AvgIpc) is 3.22. The molecule has 2 amide bonds. The standard InChI is InChI=1S/C19H28ClN3O4/c1-12-9-14(20)21-10-13(12)19(7-8-19)11-18(5,6)27-16(25)23-22-15(24)26-17(2,3)4/h9-10H,7-8,11H2,1-6H3,(H,22,24)(H,23,25). The third kappa shape index (κ3) is 6.27. The van der Waals surface area contributed by atoms with Crippen LogP contribution >= 0.6 is 11.6 Å². The Labute approximate surface area is 165 Å². The molecule has 0 radical (unpaired) electrons. The summed E-state index contributed by atoms with van der Waals surface area (Å²) in [6, 6.07) is 1.85. The largest absolute Gasteiger partial charge is 0.443 e. The van der Waals surface area contributed by atoms with Crippen molar-refractivity contribution < 1.29 is 19.1 Å². The summed E-state index contributed by atoms with van der Waals surface area (Å²) < 4.78 is 10.6. The lowest BCUT2D eigenvalue weighted by molar-refractivity contribution is 0.0183. The van der Waals surface area contributed by atoms with Crippen molar-refractivity contribution >= 4 is 23.8 Å². The van der Waals surface area contributed by atoms with Gasteiger partial charge in [-0.25, -0.2) is 25.4 Å². The van der Waals surface area contributed by atoms with E-state index in [1.807, 2.05) is 33.0 Å². The van der Waals surface area contributed by atoms with E-state index in [0.717, 1.165) is 24.0 Å². The molecule has 0 bridgehead atoms. The molecule has 27 heavy (non-hydrogen) atoms. The maximum atomic E-state index is 12.0. The fourth-order valence-corrected chi connectivity index (χ4v) is 3.51. The second kappa shape index (κ2) is 7.54. The highest BCUT2D eigenvalue weighted by molar-refractivity contribution is 6.29. The number of carbonyl (C=O) groups is 2. The van der Waals surface area contributed by atoms with Crippen molar-refractivity contribution in [3.63, 3.8) is 0 Å². The predicted molar refractivity (Wildman–Crippen MR) is 103 cm³/mol. The Morgan fingerprint density at radius 1 is 1.15 bits per heavy atom. The molecular formula is C19H28ClN3O4. The van der Waals surface area contributed by atoms with Gasteiger partial charge in [-0.3, -0.25) is 0 Å². The summed E-state index contributed by atoms with van der Waals surface area (Å²) in [4.78, 5) is 27.8. The summed E-state index contributed by atoms with van der Waals surface area (Å²) in [5.74, 6) is 0. The number of ether oxygens (including phenoxy) is 2. The van der Waals surface area contributed by atoms with Crippen molar-refractivity contribution in [1.29, 1.82) is 0 Å². The minimum absolute atomic E-state index is 0.0654. The molecule has 0 spiro atoms.